The van der Waals surface area contributed by atoms with Crippen LogP contribution in [0.3, 0.4) is 0 Å². The summed E-state index contributed by atoms with van der Waals surface area (Å²) in [6.45, 7) is 7.81. The van der Waals surface area contributed by atoms with Gasteiger partial charge in [0, 0.05) is 0 Å². The van der Waals surface area contributed by atoms with Gasteiger partial charge in [-0.3, -0.25) is 9.59 Å². The van der Waals surface area contributed by atoms with Crippen LogP contribution >= 0.6 is 0 Å². The van der Waals surface area contributed by atoms with E-state index in [0.29, 0.717) is 11.1 Å². The Morgan fingerprint density at radius 1 is 0.824 bits per heavy atom. The second-order valence-corrected chi connectivity index (χ2v) is 5.20. The molecule has 1 aliphatic rings. The number of allylic oxidation sites excluding steroid dienone is 2. The molecule has 0 aliphatic heterocycles. The SMILES string of the molecule is CCCCC1(CCCC)C(=O)C(C)=C(C)C1=O. The third kappa shape index (κ3) is 2.36. The number of hydrogen-bond donors (Lipinski definition) is 0. The normalized spacial score (nSPS) is 19.3. The monoisotopic (exact) mass is 236 g/mol. The molecule has 0 spiro atoms. The zero-order valence-corrected chi connectivity index (χ0v) is 11.6. The zero-order chi connectivity index (χ0) is 13.1. The highest BCUT2D eigenvalue weighted by Crippen LogP contribution is 2.43. The zero-order valence-electron chi connectivity index (χ0n) is 11.6. The van der Waals surface area contributed by atoms with Gasteiger partial charge in [-0.25, -0.2) is 0 Å². The summed E-state index contributed by atoms with van der Waals surface area (Å²) in [5.41, 5.74) is 0.699. The van der Waals surface area contributed by atoms with E-state index in [1.54, 1.807) is 13.8 Å². The predicted octanol–water partition coefficient (Wildman–Crippen LogP) is 3.84. The van der Waals surface area contributed by atoms with Crippen LogP contribution in [-0.2, 0) is 9.59 Å². The van der Waals surface area contributed by atoms with E-state index in [1.807, 2.05) is 0 Å². The highest BCUT2D eigenvalue weighted by Gasteiger charge is 2.50. The van der Waals surface area contributed by atoms with E-state index in [9.17, 15) is 9.59 Å². The molecule has 0 aromatic carbocycles. The summed E-state index contributed by atoms with van der Waals surface area (Å²) >= 11 is 0. The summed E-state index contributed by atoms with van der Waals surface area (Å²) < 4.78 is 0. The van der Waals surface area contributed by atoms with Crippen LogP contribution in [0.5, 0.6) is 0 Å². The molecule has 2 heteroatoms. The van der Waals surface area contributed by atoms with Gasteiger partial charge in [0.25, 0.3) is 0 Å². The van der Waals surface area contributed by atoms with Crippen molar-refractivity contribution in [3.8, 4) is 0 Å². The molecule has 0 aromatic rings. The maximum absolute atomic E-state index is 12.4. The van der Waals surface area contributed by atoms with E-state index in [4.69, 9.17) is 0 Å². The van der Waals surface area contributed by atoms with Gasteiger partial charge in [0.15, 0.2) is 11.6 Å². The van der Waals surface area contributed by atoms with Gasteiger partial charge >= 0.3 is 0 Å². The van der Waals surface area contributed by atoms with Crippen molar-refractivity contribution in [3.05, 3.63) is 11.1 Å². The fraction of sp³-hybridized carbons (Fsp3) is 0.733. The first-order valence-corrected chi connectivity index (χ1v) is 6.78. The van der Waals surface area contributed by atoms with E-state index >= 15 is 0 Å². The second kappa shape index (κ2) is 5.61. The van der Waals surface area contributed by atoms with Gasteiger partial charge in [-0.2, -0.15) is 0 Å². The fourth-order valence-electron chi connectivity index (χ4n) is 2.70. The average molecular weight is 236 g/mol. The Hall–Kier alpha value is -0.920. The van der Waals surface area contributed by atoms with Gasteiger partial charge in [0.2, 0.25) is 0 Å². The number of ketones is 2. The summed E-state index contributed by atoms with van der Waals surface area (Å²) in [6.07, 6.45) is 5.45. The molecule has 0 fully saturated rings. The van der Waals surface area contributed by atoms with Crippen molar-refractivity contribution >= 4 is 11.6 Å². The number of Topliss-reactive ketones (excluding diaryl/α,β-unsaturated/α-hetero) is 2. The van der Waals surface area contributed by atoms with Crippen LogP contribution in [0, 0.1) is 5.41 Å². The molecular formula is C15H24O2. The summed E-state index contributed by atoms with van der Waals surface area (Å²) in [7, 11) is 0. The Kier molecular flexibility index (Phi) is 4.67. The molecule has 0 aromatic heterocycles. The first kappa shape index (κ1) is 14.1. The minimum atomic E-state index is -0.694. The molecule has 0 radical (unpaired) electrons. The van der Waals surface area contributed by atoms with Crippen LogP contribution in [-0.4, -0.2) is 11.6 Å². The van der Waals surface area contributed by atoms with Gasteiger partial charge in [0.1, 0.15) is 0 Å². The molecule has 0 heterocycles. The van der Waals surface area contributed by atoms with Crippen LogP contribution < -0.4 is 0 Å². The Labute approximate surface area is 104 Å². The van der Waals surface area contributed by atoms with Crippen LogP contribution in [0.25, 0.3) is 0 Å². The number of carbonyl (C=O) groups excluding carboxylic acids is 2. The van der Waals surface area contributed by atoms with Crippen molar-refractivity contribution in [1.29, 1.82) is 0 Å². The van der Waals surface area contributed by atoms with Crippen molar-refractivity contribution in [2.24, 2.45) is 5.41 Å². The second-order valence-electron chi connectivity index (χ2n) is 5.20. The smallest absolute Gasteiger partial charge is 0.172 e. The number of carbonyl (C=O) groups is 2. The number of rotatable bonds is 6. The van der Waals surface area contributed by atoms with Gasteiger partial charge in [0.05, 0.1) is 5.41 Å². The lowest BCUT2D eigenvalue weighted by atomic mass is 9.73. The highest BCUT2D eigenvalue weighted by atomic mass is 16.2. The molecule has 0 bridgehead atoms. The summed E-state index contributed by atoms with van der Waals surface area (Å²) in [6, 6.07) is 0. The molecule has 17 heavy (non-hydrogen) atoms. The quantitative estimate of drug-likeness (QED) is 0.657. The van der Waals surface area contributed by atoms with Crippen LogP contribution in [0.1, 0.15) is 66.2 Å². The summed E-state index contributed by atoms with van der Waals surface area (Å²) in [5, 5.41) is 0. The Morgan fingerprint density at radius 2 is 1.18 bits per heavy atom. The van der Waals surface area contributed by atoms with Crippen molar-refractivity contribution in [1.82, 2.24) is 0 Å². The molecule has 0 atom stereocenters. The van der Waals surface area contributed by atoms with Crippen molar-refractivity contribution in [2.75, 3.05) is 0 Å². The first-order chi connectivity index (χ1) is 8.01. The lowest BCUT2D eigenvalue weighted by Crippen LogP contribution is -2.35. The Morgan fingerprint density at radius 3 is 1.47 bits per heavy atom. The summed E-state index contributed by atoms with van der Waals surface area (Å²) in [5.74, 6) is 0.198. The average Bonchev–Trinajstić information content (AvgIpc) is 2.49. The van der Waals surface area contributed by atoms with Gasteiger partial charge in [-0.15, -0.1) is 0 Å². The molecule has 1 rings (SSSR count). The molecule has 2 nitrogen and oxygen atoms in total. The molecule has 0 saturated heterocycles. The van der Waals surface area contributed by atoms with Crippen molar-refractivity contribution < 1.29 is 9.59 Å². The molecular weight excluding hydrogens is 212 g/mol. The van der Waals surface area contributed by atoms with E-state index < -0.39 is 5.41 Å². The topological polar surface area (TPSA) is 34.1 Å². The largest absolute Gasteiger partial charge is 0.293 e. The molecule has 96 valence electrons. The third-order valence-corrected chi connectivity index (χ3v) is 4.03. The van der Waals surface area contributed by atoms with Crippen LogP contribution in [0.4, 0.5) is 0 Å². The predicted molar refractivity (Wildman–Crippen MR) is 69.9 cm³/mol. The molecule has 1 aliphatic carbocycles. The van der Waals surface area contributed by atoms with E-state index in [1.165, 1.54) is 0 Å². The van der Waals surface area contributed by atoms with Crippen molar-refractivity contribution in [2.45, 2.75) is 66.2 Å². The van der Waals surface area contributed by atoms with E-state index in [-0.39, 0.29) is 11.6 Å². The minimum absolute atomic E-state index is 0.0990. The number of hydrogen-bond acceptors (Lipinski definition) is 2. The van der Waals surface area contributed by atoms with Crippen molar-refractivity contribution in [3.63, 3.8) is 0 Å². The Bertz CT molecular complexity index is 316. The third-order valence-electron chi connectivity index (χ3n) is 4.03. The van der Waals surface area contributed by atoms with Crippen LogP contribution in [0.15, 0.2) is 11.1 Å². The molecule has 0 amide bonds. The van der Waals surface area contributed by atoms with Crippen LogP contribution in [0.2, 0.25) is 0 Å². The van der Waals surface area contributed by atoms with Gasteiger partial charge in [-0.1, -0.05) is 39.5 Å². The molecule has 0 saturated carbocycles. The maximum Gasteiger partial charge on any atom is 0.172 e. The Balaban J connectivity index is 3.00. The van der Waals surface area contributed by atoms with E-state index in [2.05, 4.69) is 13.8 Å². The molecule has 0 unspecified atom stereocenters. The fourth-order valence-corrected chi connectivity index (χ4v) is 2.70. The van der Waals surface area contributed by atoms with Gasteiger partial charge in [-0.05, 0) is 37.8 Å². The maximum atomic E-state index is 12.4. The molecule has 0 N–H and O–H groups in total. The lowest BCUT2D eigenvalue weighted by Gasteiger charge is -2.26. The highest BCUT2D eigenvalue weighted by molar-refractivity contribution is 6.27. The standard InChI is InChI=1S/C15H24O2/c1-5-7-9-15(10-8-6-2)13(16)11(3)12(4)14(15)17/h5-10H2,1-4H3. The number of unbranched alkanes of at least 4 members (excludes halogenated alkanes) is 2. The van der Waals surface area contributed by atoms with E-state index in [0.717, 1.165) is 38.5 Å². The summed E-state index contributed by atoms with van der Waals surface area (Å²) in [4.78, 5) is 24.8. The first-order valence-electron chi connectivity index (χ1n) is 6.78. The minimum Gasteiger partial charge on any atom is -0.293 e. The van der Waals surface area contributed by atoms with Gasteiger partial charge < -0.3 is 0 Å². The lowest BCUT2D eigenvalue weighted by molar-refractivity contribution is -0.135.